The van der Waals surface area contributed by atoms with Crippen molar-refractivity contribution in [2.24, 2.45) is 5.73 Å². The Balaban J connectivity index is 2.26. The van der Waals surface area contributed by atoms with E-state index in [1.54, 1.807) is 24.3 Å². The largest absolute Gasteiger partial charge is 0.330 e. The highest BCUT2D eigenvalue weighted by atomic mass is 16.2. The SMILES string of the molecule is NCCCN(C=O)C(=O)C(=O)N(Cc1ccccc1)c1ccccc1. The summed E-state index contributed by atoms with van der Waals surface area (Å²) >= 11 is 0. The van der Waals surface area contributed by atoms with Crippen molar-refractivity contribution in [3.05, 3.63) is 66.2 Å². The molecule has 2 N–H and O–H groups in total. The molecule has 0 bridgehead atoms. The van der Waals surface area contributed by atoms with Crippen molar-refractivity contribution >= 4 is 23.9 Å². The van der Waals surface area contributed by atoms with Crippen LogP contribution < -0.4 is 10.6 Å². The third kappa shape index (κ3) is 4.99. The van der Waals surface area contributed by atoms with Gasteiger partial charge in [0.2, 0.25) is 6.41 Å². The van der Waals surface area contributed by atoms with Crippen molar-refractivity contribution in [3.8, 4) is 0 Å². The normalized spacial score (nSPS) is 10.1. The van der Waals surface area contributed by atoms with E-state index in [0.717, 1.165) is 10.5 Å². The fourth-order valence-corrected chi connectivity index (χ4v) is 2.36. The number of hydrogen-bond acceptors (Lipinski definition) is 4. The van der Waals surface area contributed by atoms with Crippen molar-refractivity contribution in [2.45, 2.75) is 13.0 Å². The summed E-state index contributed by atoms with van der Waals surface area (Å²) in [7, 11) is 0. The van der Waals surface area contributed by atoms with E-state index in [2.05, 4.69) is 0 Å². The highest BCUT2D eigenvalue weighted by molar-refractivity contribution is 6.41. The first-order valence-electron chi connectivity index (χ1n) is 8.04. The number of benzene rings is 2. The molecular formula is C19H21N3O3. The van der Waals surface area contributed by atoms with E-state index in [1.807, 2.05) is 36.4 Å². The molecule has 0 heterocycles. The van der Waals surface area contributed by atoms with E-state index in [9.17, 15) is 14.4 Å². The topological polar surface area (TPSA) is 83.7 Å². The lowest BCUT2D eigenvalue weighted by Crippen LogP contribution is -2.45. The molecule has 2 aromatic carbocycles. The van der Waals surface area contributed by atoms with Crippen LogP contribution in [0.15, 0.2) is 60.7 Å². The van der Waals surface area contributed by atoms with Crippen LogP contribution in [0.2, 0.25) is 0 Å². The van der Waals surface area contributed by atoms with Gasteiger partial charge in [0.05, 0.1) is 6.54 Å². The maximum absolute atomic E-state index is 12.8. The summed E-state index contributed by atoms with van der Waals surface area (Å²) in [5.41, 5.74) is 6.89. The molecule has 0 aliphatic carbocycles. The van der Waals surface area contributed by atoms with E-state index >= 15 is 0 Å². The lowest BCUT2D eigenvalue weighted by Gasteiger charge is -2.24. The Labute approximate surface area is 146 Å². The van der Waals surface area contributed by atoms with E-state index in [1.165, 1.54) is 4.90 Å². The zero-order chi connectivity index (χ0) is 18.1. The number of carbonyl (C=O) groups is 3. The van der Waals surface area contributed by atoms with Gasteiger partial charge in [0, 0.05) is 12.2 Å². The quantitative estimate of drug-likeness (QED) is 0.613. The molecule has 0 saturated heterocycles. The molecule has 0 atom stereocenters. The van der Waals surface area contributed by atoms with Gasteiger partial charge in [0.25, 0.3) is 0 Å². The van der Waals surface area contributed by atoms with Crippen molar-refractivity contribution < 1.29 is 14.4 Å². The van der Waals surface area contributed by atoms with Gasteiger partial charge in [-0.1, -0.05) is 48.5 Å². The predicted molar refractivity (Wildman–Crippen MR) is 95.5 cm³/mol. The van der Waals surface area contributed by atoms with E-state index < -0.39 is 11.8 Å². The summed E-state index contributed by atoms with van der Waals surface area (Å²) < 4.78 is 0. The molecule has 2 rings (SSSR count). The van der Waals surface area contributed by atoms with Gasteiger partial charge in [-0.25, -0.2) is 0 Å². The van der Waals surface area contributed by atoms with E-state index in [0.29, 0.717) is 25.1 Å². The average molecular weight is 339 g/mol. The average Bonchev–Trinajstić information content (AvgIpc) is 2.67. The summed E-state index contributed by atoms with van der Waals surface area (Å²) in [5.74, 6) is -1.61. The first-order valence-corrected chi connectivity index (χ1v) is 8.04. The molecule has 130 valence electrons. The molecule has 0 radical (unpaired) electrons. The molecule has 25 heavy (non-hydrogen) atoms. The Morgan fingerprint density at radius 2 is 1.52 bits per heavy atom. The smallest absolute Gasteiger partial charge is 0.318 e. The number of anilines is 1. The van der Waals surface area contributed by atoms with Crippen LogP contribution >= 0.6 is 0 Å². The van der Waals surface area contributed by atoms with Crippen LogP contribution in [-0.4, -0.2) is 36.2 Å². The molecule has 0 spiro atoms. The fourth-order valence-electron chi connectivity index (χ4n) is 2.36. The summed E-state index contributed by atoms with van der Waals surface area (Å²) in [4.78, 5) is 38.6. The highest BCUT2D eigenvalue weighted by Crippen LogP contribution is 2.18. The van der Waals surface area contributed by atoms with Gasteiger partial charge in [0.1, 0.15) is 0 Å². The lowest BCUT2D eigenvalue weighted by atomic mass is 10.2. The molecular weight excluding hydrogens is 318 g/mol. The molecule has 2 aromatic rings. The Hall–Kier alpha value is -2.99. The van der Waals surface area contributed by atoms with Gasteiger partial charge >= 0.3 is 11.8 Å². The number of para-hydroxylation sites is 1. The van der Waals surface area contributed by atoms with Gasteiger partial charge in [-0.15, -0.1) is 0 Å². The number of carbonyl (C=O) groups excluding carboxylic acids is 3. The zero-order valence-corrected chi connectivity index (χ0v) is 13.9. The number of amides is 3. The minimum atomic E-state index is -0.858. The summed E-state index contributed by atoms with van der Waals surface area (Å²) in [6.07, 6.45) is 0.823. The fraction of sp³-hybridized carbons (Fsp3) is 0.211. The Bertz CT molecular complexity index is 704. The highest BCUT2D eigenvalue weighted by Gasteiger charge is 2.27. The van der Waals surface area contributed by atoms with Gasteiger partial charge in [-0.3, -0.25) is 24.2 Å². The van der Waals surface area contributed by atoms with Crippen LogP contribution in [-0.2, 0) is 20.9 Å². The standard InChI is InChI=1S/C19H21N3O3/c20-12-7-13-21(15-23)18(24)19(25)22(17-10-5-2-6-11-17)14-16-8-3-1-4-9-16/h1-6,8-11,15H,7,12-14,20H2. The number of rotatable bonds is 7. The van der Waals surface area contributed by atoms with Gasteiger partial charge in [-0.05, 0) is 30.7 Å². The van der Waals surface area contributed by atoms with E-state index in [4.69, 9.17) is 5.73 Å². The number of hydrogen-bond donors (Lipinski definition) is 1. The monoisotopic (exact) mass is 339 g/mol. The molecule has 0 aromatic heterocycles. The van der Waals surface area contributed by atoms with Crippen LogP contribution in [0.5, 0.6) is 0 Å². The van der Waals surface area contributed by atoms with Crippen LogP contribution in [0.4, 0.5) is 5.69 Å². The second kappa shape index (κ2) is 9.34. The Kier molecular flexibility index (Phi) is 6.86. The Morgan fingerprint density at radius 1 is 0.920 bits per heavy atom. The second-order valence-corrected chi connectivity index (χ2v) is 5.46. The Morgan fingerprint density at radius 3 is 2.08 bits per heavy atom. The first kappa shape index (κ1) is 18.4. The van der Waals surface area contributed by atoms with Crippen LogP contribution in [0, 0.1) is 0 Å². The molecule has 0 fully saturated rings. The van der Waals surface area contributed by atoms with Gasteiger partial charge in [0.15, 0.2) is 0 Å². The van der Waals surface area contributed by atoms with Crippen LogP contribution in [0.25, 0.3) is 0 Å². The molecule has 3 amide bonds. The molecule has 0 aliphatic rings. The van der Waals surface area contributed by atoms with Crippen LogP contribution in [0.1, 0.15) is 12.0 Å². The minimum Gasteiger partial charge on any atom is -0.330 e. The van der Waals surface area contributed by atoms with Gasteiger partial charge < -0.3 is 5.73 Å². The molecule has 0 aliphatic heterocycles. The summed E-state index contributed by atoms with van der Waals surface area (Å²) in [6, 6.07) is 18.3. The minimum absolute atomic E-state index is 0.124. The van der Waals surface area contributed by atoms with Crippen molar-refractivity contribution in [1.29, 1.82) is 0 Å². The first-order chi connectivity index (χ1) is 12.2. The van der Waals surface area contributed by atoms with Crippen molar-refractivity contribution in [1.82, 2.24) is 4.90 Å². The summed E-state index contributed by atoms with van der Waals surface area (Å²) in [6.45, 7) is 0.690. The molecule has 6 nitrogen and oxygen atoms in total. The van der Waals surface area contributed by atoms with Gasteiger partial charge in [-0.2, -0.15) is 0 Å². The van der Waals surface area contributed by atoms with Crippen molar-refractivity contribution in [3.63, 3.8) is 0 Å². The maximum Gasteiger partial charge on any atom is 0.318 e. The van der Waals surface area contributed by atoms with E-state index in [-0.39, 0.29) is 13.1 Å². The molecule has 0 saturated carbocycles. The molecule has 6 heteroatoms. The lowest BCUT2D eigenvalue weighted by molar-refractivity contribution is -0.147. The third-order valence-corrected chi connectivity index (χ3v) is 3.67. The zero-order valence-electron chi connectivity index (χ0n) is 13.9. The van der Waals surface area contributed by atoms with Crippen molar-refractivity contribution in [2.75, 3.05) is 18.0 Å². The summed E-state index contributed by atoms with van der Waals surface area (Å²) in [5, 5.41) is 0. The number of nitrogens with zero attached hydrogens (tertiary/aromatic N) is 2. The number of nitrogens with two attached hydrogens (primary N) is 1. The second-order valence-electron chi connectivity index (χ2n) is 5.46. The predicted octanol–water partition coefficient (Wildman–Crippen LogP) is 1.55. The number of imide groups is 1. The molecule has 0 unspecified atom stereocenters. The van der Waals surface area contributed by atoms with Crippen LogP contribution in [0.3, 0.4) is 0 Å². The maximum atomic E-state index is 12.8. The third-order valence-electron chi connectivity index (χ3n) is 3.67.